The number of unbranched alkanes of at least 4 members (excludes halogenated alkanes) is 6. The quantitative estimate of drug-likeness (QED) is 0.405. The maximum atomic E-state index is 5.75. The first-order valence-corrected chi connectivity index (χ1v) is 8.86. The lowest BCUT2D eigenvalue weighted by Crippen LogP contribution is -2.03. The number of hydrogen-bond acceptors (Lipinski definition) is 1. The fourth-order valence-corrected chi connectivity index (χ4v) is 2.53. The monoisotopic (exact) mass is 302 g/mol. The van der Waals surface area contributed by atoms with Crippen LogP contribution >= 0.6 is 0 Å². The van der Waals surface area contributed by atoms with Crippen molar-refractivity contribution in [3.63, 3.8) is 0 Å². The van der Waals surface area contributed by atoms with Gasteiger partial charge in [-0.25, -0.2) is 0 Å². The molecule has 0 atom stereocenters. The van der Waals surface area contributed by atoms with Crippen LogP contribution in [0.15, 0.2) is 30.8 Å². The second kappa shape index (κ2) is 10.5. The normalized spacial score (nSPS) is 11.4. The first kappa shape index (κ1) is 18.8. The van der Waals surface area contributed by atoms with E-state index < -0.39 is 0 Å². The second-order valence-corrected chi connectivity index (χ2v) is 7.41. The van der Waals surface area contributed by atoms with E-state index >= 15 is 0 Å². The van der Waals surface area contributed by atoms with E-state index in [1.54, 1.807) is 0 Å². The fourth-order valence-electron chi connectivity index (χ4n) is 2.53. The molecule has 0 aliphatic heterocycles. The molecule has 0 aromatic heterocycles. The highest BCUT2D eigenvalue weighted by atomic mass is 16.5. The zero-order chi connectivity index (χ0) is 16.3. The average Bonchev–Trinajstić information content (AvgIpc) is 2.48. The molecule has 1 rings (SSSR count). The molecule has 0 aliphatic carbocycles. The van der Waals surface area contributed by atoms with E-state index in [4.69, 9.17) is 4.74 Å². The van der Waals surface area contributed by atoms with E-state index in [0.717, 1.165) is 24.3 Å². The zero-order valence-corrected chi connectivity index (χ0v) is 14.9. The van der Waals surface area contributed by atoms with Crippen molar-refractivity contribution in [2.45, 2.75) is 72.1 Å². The molecule has 0 fully saturated rings. The van der Waals surface area contributed by atoms with E-state index in [-0.39, 0.29) is 0 Å². The molecule has 0 spiro atoms. The van der Waals surface area contributed by atoms with Gasteiger partial charge in [-0.1, -0.05) is 84.1 Å². The minimum absolute atomic E-state index is 0.501. The molecule has 1 aromatic carbocycles. The predicted octanol–water partition coefficient (Wildman–Crippen LogP) is 6.88. The van der Waals surface area contributed by atoms with Crippen molar-refractivity contribution in [3.8, 4) is 5.75 Å². The summed E-state index contributed by atoms with van der Waals surface area (Å²) in [4.78, 5) is 0. The molecule has 0 heterocycles. The van der Waals surface area contributed by atoms with Crippen molar-refractivity contribution in [3.05, 3.63) is 36.4 Å². The van der Waals surface area contributed by atoms with Gasteiger partial charge in [-0.15, -0.1) is 0 Å². The molecule has 0 amide bonds. The third kappa shape index (κ3) is 9.65. The lowest BCUT2D eigenvalue weighted by Gasteiger charge is -2.17. The highest BCUT2D eigenvalue weighted by molar-refractivity contribution is 5.48. The number of hydrogen-bond donors (Lipinski definition) is 0. The molecule has 1 nitrogen and oxygen atoms in total. The van der Waals surface area contributed by atoms with Gasteiger partial charge in [0.1, 0.15) is 5.75 Å². The van der Waals surface area contributed by atoms with E-state index in [1.165, 1.54) is 44.9 Å². The molecule has 0 aliphatic rings. The van der Waals surface area contributed by atoms with Gasteiger partial charge in [0, 0.05) is 0 Å². The van der Waals surface area contributed by atoms with E-state index in [0.29, 0.717) is 5.41 Å². The van der Waals surface area contributed by atoms with Crippen LogP contribution < -0.4 is 4.74 Å². The van der Waals surface area contributed by atoms with Crippen LogP contribution in [0.3, 0.4) is 0 Å². The molecule has 1 aromatic rings. The standard InChI is InChI=1S/C21H34O/c1-5-19-13-15-20(16-14-19)22-18-12-10-8-6-7-9-11-17-21(2,3)4/h5,13-16H,1,6-12,17-18H2,2-4H3. The third-order valence-corrected chi connectivity index (χ3v) is 3.96. The topological polar surface area (TPSA) is 9.23 Å². The maximum absolute atomic E-state index is 5.75. The summed E-state index contributed by atoms with van der Waals surface area (Å²) in [5.41, 5.74) is 1.64. The Bertz CT molecular complexity index is 397. The van der Waals surface area contributed by atoms with Gasteiger partial charge in [0.2, 0.25) is 0 Å². The van der Waals surface area contributed by atoms with Gasteiger partial charge in [0.05, 0.1) is 6.61 Å². The molecule has 0 unspecified atom stereocenters. The van der Waals surface area contributed by atoms with Crippen molar-refractivity contribution in [2.24, 2.45) is 5.41 Å². The van der Waals surface area contributed by atoms with E-state index in [1.807, 2.05) is 30.3 Å². The largest absolute Gasteiger partial charge is 0.494 e. The van der Waals surface area contributed by atoms with Gasteiger partial charge in [0.15, 0.2) is 0 Å². The van der Waals surface area contributed by atoms with Crippen molar-refractivity contribution in [2.75, 3.05) is 6.61 Å². The number of benzene rings is 1. The molecule has 0 radical (unpaired) electrons. The van der Waals surface area contributed by atoms with Gasteiger partial charge in [0.25, 0.3) is 0 Å². The minimum atomic E-state index is 0.501. The van der Waals surface area contributed by atoms with Gasteiger partial charge in [-0.05, 0) is 36.0 Å². The van der Waals surface area contributed by atoms with Crippen LogP contribution in [-0.2, 0) is 0 Å². The Hall–Kier alpha value is -1.24. The highest BCUT2D eigenvalue weighted by Gasteiger charge is 2.08. The molecular formula is C21H34O. The van der Waals surface area contributed by atoms with Crippen molar-refractivity contribution in [1.29, 1.82) is 0 Å². The van der Waals surface area contributed by atoms with Crippen molar-refractivity contribution < 1.29 is 4.74 Å². The summed E-state index contributed by atoms with van der Waals surface area (Å²) in [6.45, 7) is 11.6. The number of rotatable bonds is 11. The fraction of sp³-hybridized carbons (Fsp3) is 0.619. The number of ether oxygens (including phenoxy) is 1. The zero-order valence-electron chi connectivity index (χ0n) is 14.9. The lowest BCUT2D eigenvalue weighted by atomic mass is 9.89. The summed E-state index contributed by atoms with van der Waals surface area (Å²) in [7, 11) is 0. The molecule has 0 bridgehead atoms. The Balaban J connectivity index is 1.92. The Morgan fingerprint density at radius 1 is 0.864 bits per heavy atom. The van der Waals surface area contributed by atoms with Crippen molar-refractivity contribution >= 4 is 6.08 Å². The Morgan fingerprint density at radius 2 is 1.41 bits per heavy atom. The smallest absolute Gasteiger partial charge is 0.119 e. The predicted molar refractivity (Wildman–Crippen MR) is 98.4 cm³/mol. The minimum Gasteiger partial charge on any atom is -0.494 e. The average molecular weight is 303 g/mol. The molecular weight excluding hydrogens is 268 g/mol. The summed E-state index contributed by atoms with van der Waals surface area (Å²) in [6, 6.07) is 8.12. The first-order chi connectivity index (χ1) is 10.5. The molecule has 0 saturated heterocycles. The van der Waals surface area contributed by atoms with Crippen molar-refractivity contribution in [1.82, 2.24) is 0 Å². The summed E-state index contributed by atoms with van der Waals surface area (Å²) < 4.78 is 5.75. The van der Waals surface area contributed by atoms with Crippen LogP contribution in [0.25, 0.3) is 6.08 Å². The van der Waals surface area contributed by atoms with Gasteiger partial charge >= 0.3 is 0 Å². The Kier molecular flexibility index (Phi) is 8.96. The molecule has 1 heteroatoms. The SMILES string of the molecule is C=Cc1ccc(OCCCCCCCCCC(C)(C)C)cc1. The Morgan fingerprint density at radius 3 is 1.95 bits per heavy atom. The Labute approximate surface area is 137 Å². The highest BCUT2D eigenvalue weighted by Crippen LogP contribution is 2.22. The summed E-state index contributed by atoms with van der Waals surface area (Å²) in [5.74, 6) is 0.966. The molecule has 0 N–H and O–H groups in total. The third-order valence-electron chi connectivity index (χ3n) is 3.96. The van der Waals surface area contributed by atoms with E-state index in [9.17, 15) is 0 Å². The molecule has 22 heavy (non-hydrogen) atoms. The van der Waals surface area contributed by atoms with Crippen LogP contribution in [-0.4, -0.2) is 6.61 Å². The van der Waals surface area contributed by atoms with Crippen LogP contribution in [0.4, 0.5) is 0 Å². The van der Waals surface area contributed by atoms with Crippen LogP contribution in [0.2, 0.25) is 0 Å². The van der Waals surface area contributed by atoms with Gasteiger partial charge in [-0.3, -0.25) is 0 Å². The lowest BCUT2D eigenvalue weighted by molar-refractivity contribution is 0.304. The molecule has 0 saturated carbocycles. The second-order valence-electron chi connectivity index (χ2n) is 7.41. The summed E-state index contributed by atoms with van der Waals surface area (Å²) in [6.07, 6.45) is 12.5. The van der Waals surface area contributed by atoms with Crippen LogP contribution in [0.1, 0.15) is 77.7 Å². The summed E-state index contributed by atoms with van der Waals surface area (Å²) in [5, 5.41) is 0. The molecule has 124 valence electrons. The maximum Gasteiger partial charge on any atom is 0.119 e. The van der Waals surface area contributed by atoms with E-state index in [2.05, 4.69) is 27.4 Å². The van der Waals surface area contributed by atoms with Gasteiger partial charge in [-0.2, -0.15) is 0 Å². The first-order valence-electron chi connectivity index (χ1n) is 8.86. The summed E-state index contributed by atoms with van der Waals surface area (Å²) >= 11 is 0. The van der Waals surface area contributed by atoms with Crippen LogP contribution in [0, 0.1) is 5.41 Å². The van der Waals surface area contributed by atoms with Gasteiger partial charge < -0.3 is 4.74 Å². The van der Waals surface area contributed by atoms with Crippen LogP contribution in [0.5, 0.6) is 5.75 Å².